The minimum absolute atomic E-state index is 0.125. The first-order valence-electron chi connectivity index (χ1n) is 5.71. The Morgan fingerprint density at radius 2 is 2.19 bits per heavy atom. The molecule has 3 N–H and O–H groups in total. The van der Waals surface area contributed by atoms with Gasteiger partial charge in [-0.15, -0.1) is 0 Å². The first kappa shape index (κ1) is 13.4. The summed E-state index contributed by atoms with van der Waals surface area (Å²) in [5.74, 6) is -0.125. The molecule has 0 aromatic heterocycles. The van der Waals surface area contributed by atoms with Crippen LogP contribution in [0.5, 0.6) is 0 Å². The maximum Gasteiger partial charge on any atom is 0.237 e. The van der Waals surface area contributed by atoms with Gasteiger partial charge in [0.15, 0.2) is 0 Å². The lowest BCUT2D eigenvalue weighted by Crippen LogP contribution is -2.52. The maximum atomic E-state index is 11.6. The summed E-state index contributed by atoms with van der Waals surface area (Å²) in [6.07, 6.45) is 3.73. The molecule has 1 rings (SSSR count). The summed E-state index contributed by atoms with van der Waals surface area (Å²) >= 11 is 0. The van der Waals surface area contributed by atoms with E-state index in [1.807, 2.05) is 0 Å². The van der Waals surface area contributed by atoms with Gasteiger partial charge in [-0.2, -0.15) is 0 Å². The third kappa shape index (κ3) is 3.43. The Morgan fingerprint density at radius 1 is 1.50 bits per heavy atom. The fourth-order valence-corrected chi connectivity index (χ4v) is 1.78. The zero-order valence-corrected chi connectivity index (χ0v) is 10.1. The number of nitrogens with one attached hydrogen (secondary N) is 1. The maximum absolute atomic E-state index is 11.6. The van der Waals surface area contributed by atoms with Gasteiger partial charge in [0, 0.05) is 27.4 Å². The van der Waals surface area contributed by atoms with Crippen molar-refractivity contribution in [3.63, 3.8) is 0 Å². The van der Waals surface area contributed by atoms with Gasteiger partial charge in [-0.25, -0.2) is 0 Å². The average Bonchev–Trinajstić information content (AvgIpc) is 2.24. The van der Waals surface area contributed by atoms with Crippen molar-refractivity contribution in [3.05, 3.63) is 0 Å². The van der Waals surface area contributed by atoms with E-state index < -0.39 is 6.04 Å². The number of nitrogens with two attached hydrogens (primary N) is 1. The third-order valence-corrected chi connectivity index (χ3v) is 3.25. The number of rotatable bonds is 7. The summed E-state index contributed by atoms with van der Waals surface area (Å²) in [6.45, 7) is 1.06. The summed E-state index contributed by atoms with van der Waals surface area (Å²) in [5, 5.41) is 2.84. The molecule has 0 bridgehead atoms. The molecule has 0 aliphatic heterocycles. The van der Waals surface area contributed by atoms with Crippen LogP contribution in [0.2, 0.25) is 0 Å². The van der Waals surface area contributed by atoms with Crippen LogP contribution in [0.4, 0.5) is 0 Å². The van der Waals surface area contributed by atoms with E-state index in [1.165, 1.54) is 6.42 Å². The highest BCUT2D eigenvalue weighted by Crippen LogP contribution is 2.34. The molecule has 1 fully saturated rings. The molecule has 0 aromatic carbocycles. The van der Waals surface area contributed by atoms with Crippen LogP contribution in [0, 0.1) is 0 Å². The molecule has 0 spiro atoms. The highest BCUT2D eigenvalue weighted by Gasteiger charge is 2.37. The Bertz CT molecular complexity index is 224. The molecule has 5 nitrogen and oxygen atoms in total. The molecule has 0 radical (unpaired) electrons. The fraction of sp³-hybridized carbons (Fsp3) is 0.909. The van der Waals surface area contributed by atoms with E-state index in [9.17, 15) is 4.79 Å². The molecule has 94 valence electrons. The van der Waals surface area contributed by atoms with E-state index in [4.69, 9.17) is 15.2 Å². The first-order chi connectivity index (χ1) is 7.63. The molecule has 16 heavy (non-hydrogen) atoms. The van der Waals surface area contributed by atoms with Crippen LogP contribution >= 0.6 is 0 Å². The molecule has 5 heteroatoms. The third-order valence-electron chi connectivity index (χ3n) is 3.25. The van der Waals surface area contributed by atoms with E-state index in [1.54, 1.807) is 14.2 Å². The minimum atomic E-state index is -0.492. The van der Waals surface area contributed by atoms with Gasteiger partial charge >= 0.3 is 0 Å². The van der Waals surface area contributed by atoms with Gasteiger partial charge in [-0.1, -0.05) is 0 Å². The minimum Gasteiger partial charge on any atom is -0.385 e. The second-order valence-electron chi connectivity index (χ2n) is 4.35. The van der Waals surface area contributed by atoms with E-state index in [0.717, 1.165) is 12.8 Å². The normalized spacial score (nSPS) is 19.9. The van der Waals surface area contributed by atoms with Crippen molar-refractivity contribution in [2.45, 2.75) is 37.3 Å². The van der Waals surface area contributed by atoms with Crippen molar-refractivity contribution in [2.24, 2.45) is 5.73 Å². The van der Waals surface area contributed by atoms with Gasteiger partial charge in [-0.05, 0) is 25.7 Å². The number of carbonyl (C=O) groups excluding carboxylic acids is 1. The zero-order chi connectivity index (χ0) is 12.0. The summed E-state index contributed by atoms with van der Waals surface area (Å²) in [6, 6.07) is -0.492. The lowest BCUT2D eigenvalue weighted by Gasteiger charge is -2.40. The lowest BCUT2D eigenvalue weighted by molar-refractivity contribution is -0.126. The number of ether oxygens (including phenoxy) is 2. The Labute approximate surface area is 96.7 Å². The lowest BCUT2D eigenvalue weighted by atomic mass is 9.80. The average molecular weight is 230 g/mol. The molecule has 0 aromatic rings. The van der Waals surface area contributed by atoms with Crippen molar-refractivity contribution in [1.82, 2.24) is 5.32 Å². The predicted molar refractivity (Wildman–Crippen MR) is 61.1 cm³/mol. The molecular weight excluding hydrogens is 208 g/mol. The Kier molecular flexibility index (Phi) is 5.18. The Balaban J connectivity index is 2.23. The summed E-state index contributed by atoms with van der Waals surface area (Å²) < 4.78 is 10.3. The van der Waals surface area contributed by atoms with Crippen LogP contribution in [0.1, 0.15) is 25.7 Å². The number of hydrogen-bond donors (Lipinski definition) is 2. The molecular formula is C11H22N2O3. The van der Waals surface area contributed by atoms with Gasteiger partial charge < -0.3 is 20.5 Å². The molecule has 1 unspecified atom stereocenters. The first-order valence-corrected chi connectivity index (χ1v) is 5.71. The van der Waals surface area contributed by atoms with Crippen molar-refractivity contribution < 1.29 is 14.3 Å². The van der Waals surface area contributed by atoms with Crippen molar-refractivity contribution >= 4 is 5.91 Å². The van der Waals surface area contributed by atoms with Gasteiger partial charge in [0.25, 0.3) is 0 Å². The van der Waals surface area contributed by atoms with Gasteiger partial charge in [0.05, 0.1) is 11.6 Å². The molecule has 1 aliphatic rings. The van der Waals surface area contributed by atoms with Crippen LogP contribution in [-0.4, -0.2) is 44.9 Å². The van der Waals surface area contributed by atoms with Crippen LogP contribution in [-0.2, 0) is 14.3 Å². The second kappa shape index (κ2) is 6.18. The number of methoxy groups -OCH3 is 2. The molecule has 1 amide bonds. The van der Waals surface area contributed by atoms with Gasteiger partial charge in [-0.3, -0.25) is 4.79 Å². The summed E-state index contributed by atoms with van der Waals surface area (Å²) in [4.78, 5) is 11.6. The van der Waals surface area contributed by atoms with E-state index >= 15 is 0 Å². The van der Waals surface area contributed by atoms with Crippen LogP contribution in [0.3, 0.4) is 0 Å². The van der Waals surface area contributed by atoms with Gasteiger partial charge in [0.2, 0.25) is 5.91 Å². The molecule has 1 aliphatic carbocycles. The predicted octanol–water partition coefficient (Wildman–Crippen LogP) is 0.0355. The zero-order valence-electron chi connectivity index (χ0n) is 10.1. The smallest absolute Gasteiger partial charge is 0.237 e. The largest absolute Gasteiger partial charge is 0.385 e. The highest BCUT2D eigenvalue weighted by atomic mass is 16.5. The number of hydrogen-bond acceptors (Lipinski definition) is 4. The van der Waals surface area contributed by atoms with Crippen molar-refractivity contribution in [2.75, 3.05) is 27.4 Å². The van der Waals surface area contributed by atoms with Crippen LogP contribution < -0.4 is 11.1 Å². The topological polar surface area (TPSA) is 73.6 Å². The Hall–Kier alpha value is -0.650. The molecule has 0 saturated heterocycles. The quantitative estimate of drug-likeness (QED) is 0.647. The summed E-state index contributed by atoms with van der Waals surface area (Å²) in [7, 11) is 3.29. The van der Waals surface area contributed by atoms with E-state index in [2.05, 4.69) is 5.32 Å². The van der Waals surface area contributed by atoms with E-state index in [0.29, 0.717) is 19.6 Å². The Morgan fingerprint density at radius 3 is 2.62 bits per heavy atom. The molecule has 1 atom stereocenters. The fourth-order valence-electron chi connectivity index (χ4n) is 1.78. The van der Waals surface area contributed by atoms with Crippen LogP contribution in [0.15, 0.2) is 0 Å². The molecule has 1 saturated carbocycles. The number of carbonyl (C=O) groups is 1. The van der Waals surface area contributed by atoms with Crippen molar-refractivity contribution in [1.29, 1.82) is 0 Å². The SMILES string of the molecule is COCCC(N)C(=O)NCC1(OC)CCC1. The van der Waals surface area contributed by atoms with E-state index in [-0.39, 0.29) is 11.5 Å². The van der Waals surface area contributed by atoms with Crippen molar-refractivity contribution in [3.8, 4) is 0 Å². The van der Waals surface area contributed by atoms with Gasteiger partial charge in [0.1, 0.15) is 0 Å². The monoisotopic (exact) mass is 230 g/mol. The standard InChI is InChI=1S/C11H22N2O3/c1-15-7-4-9(12)10(14)13-8-11(16-2)5-3-6-11/h9H,3-8,12H2,1-2H3,(H,13,14). The van der Waals surface area contributed by atoms with Crippen LogP contribution in [0.25, 0.3) is 0 Å². The summed E-state index contributed by atoms with van der Waals surface area (Å²) in [5.41, 5.74) is 5.56. The highest BCUT2D eigenvalue weighted by molar-refractivity contribution is 5.81. The second-order valence-corrected chi connectivity index (χ2v) is 4.35. The number of amides is 1. The molecule has 0 heterocycles.